The average molecular weight is 405 g/mol. The molecule has 1 spiro atoms. The normalized spacial score (nSPS) is 27.1. The van der Waals surface area contributed by atoms with E-state index in [9.17, 15) is 9.90 Å². The molecule has 162 valence electrons. The first-order valence-electron chi connectivity index (χ1n) is 11.0. The highest BCUT2D eigenvalue weighted by Gasteiger charge is 2.55. The second kappa shape index (κ2) is 12.2. The van der Waals surface area contributed by atoms with Crippen molar-refractivity contribution in [2.24, 2.45) is 17.8 Å². The first kappa shape index (κ1) is 23.7. The molecule has 0 aromatic rings. The third kappa shape index (κ3) is 6.99. The Kier molecular flexibility index (Phi) is 9.93. The number of aliphatic carboxylic acids is 1. The molecule has 5 nitrogen and oxygen atoms in total. The van der Waals surface area contributed by atoms with Crippen LogP contribution in [0.25, 0.3) is 0 Å². The van der Waals surface area contributed by atoms with Crippen molar-refractivity contribution in [1.29, 1.82) is 0 Å². The molecule has 1 saturated heterocycles. The number of rotatable bonds is 12. The van der Waals surface area contributed by atoms with Crippen LogP contribution in [0.1, 0.15) is 64.7 Å². The zero-order chi connectivity index (χ0) is 21.1. The summed E-state index contributed by atoms with van der Waals surface area (Å²) in [5, 5.41) is 19.0. The maximum atomic E-state index is 10.6. The first-order valence-corrected chi connectivity index (χ1v) is 11.0. The van der Waals surface area contributed by atoms with Crippen LogP contribution in [0.5, 0.6) is 0 Å². The van der Waals surface area contributed by atoms with Crippen molar-refractivity contribution < 1.29 is 24.5 Å². The maximum absolute atomic E-state index is 10.6. The van der Waals surface area contributed by atoms with Crippen molar-refractivity contribution >= 4 is 5.97 Å². The number of unbranched alkanes of at least 4 members (excludes halogenated alkanes) is 3. The van der Waals surface area contributed by atoms with Gasteiger partial charge >= 0.3 is 5.97 Å². The summed E-state index contributed by atoms with van der Waals surface area (Å²) in [6.45, 7) is 3.30. The number of carboxylic acids is 1. The molecule has 2 N–H and O–H groups in total. The predicted octanol–water partition coefficient (Wildman–Crippen LogP) is 4.31. The number of carbonyl (C=O) groups is 1. The second-order valence-corrected chi connectivity index (χ2v) is 8.11. The van der Waals surface area contributed by atoms with Crippen LogP contribution in [-0.2, 0) is 14.3 Å². The number of hydrogen-bond acceptors (Lipinski definition) is 4. The molecule has 2 aliphatic rings. The molecule has 1 saturated carbocycles. The lowest BCUT2D eigenvalue weighted by molar-refractivity contribution is -0.184. The van der Waals surface area contributed by atoms with Gasteiger partial charge in [0.05, 0.1) is 19.3 Å². The molecular formula is C24H36O5. The van der Waals surface area contributed by atoms with Crippen LogP contribution >= 0.6 is 0 Å². The molecule has 1 aliphatic carbocycles. The van der Waals surface area contributed by atoms with E-state index in [0.29, 0.717) is 26.1 Å². The Balaban J connectivity index is 2.03. The Morgan fingerprint density at radius 3 is 2.69 bits per heavy atom. The summed E-state index contributed by atoms with van der Waals surface area (Å²) in [5.74, 6) is 1.68. The van der Waals surface area contributed by atoms with Crippen LogP contribution in [0, 0.1) is 30.1 Å². The molecule has 5 heteroatoms. The van der Waals surface area contributed by atoms with Crippen LogP contribution in [0.4, 0.5) is 0 Å². The topological polar surface area (TPSA) is 76.0 Å². The Bertz CT molecular complexity index is 597. The number of hydrogen-bond donors (Lipinski definition) is 2. The minimum atomic E-state index is -0.763. The third-order valence-corrected chi connectivity index (χ3v) is 5.97. The Labute approximate surface area is 175 Å². The molecule has 0 bridgehead atoms. The van der Waals surface area contributed by atoms with E-state index in [4.69, 9.17) is 21.0 Å². The van der Waals surface area contributed by atoms with Gasteiger partial charge in [0, 0.05) is 24.7 Å². The van der Waals surface area contributed by atoms with E-state index in [1.165, 1.54) is 0 Å². The van der Waals surface area contributed by atoms with Crippen molar-refractivity contribution in [3.8, 4) is 12.3 Å². The Morgan fingerprint density at radius 1 is 1.28 bits per heavy atom. The van der Waals surface area contributed by atoms with Crippen LogP contribution in [0.3, 0.4) is 0 Å². The fourth-order valence-corrected chi connectivity index (χ4v) is 4.43. The Hall–Kier alpha value is -1.61. The summed E-state index contributed by atoms with van der Waals surface area (Å²) in [6.07, 6.45) is 20.5. The lowest BCUT2D eigenvalue weighted by atomic mass is 9.85. The van der Waals surface area contributed by atoms with Gasteiger partial charge in [-0.1, -0.05) is 50.5 Å². The monoisotopic (exact) mass is 404 g/mol. The fraction of sp³-hybridized carbons (Fsp3) is 0.708. The maximum Gasteiger partial charge on any atom is 0.303 e. The van der Waals surface area contributed by atoms with Crippen molar-refractivity contribution in [2.75, 3.05) is 13.2 Å². The van der Waals surface area contributed by atoms with Gasteiger partial charge in [0.15, 0.2) is 5.79 Å². The number of terminal acetylenes is 1. The minimum Gasteiger partial charge on any atom is -0.481 e. The van der Waals surface area contributed by atoms with E-state index in [0.717, 1.165) is 38.5 Å². The lowest BCUT2D eigenvalue weighted by Gasteiger charge is -2.30. The highest BCUT2D eigenvalue weighted by Crippen LogP contribution is 2.51. The number of allylic oxidation sites excluding steroid dienone is 3. The van der Waals surface area contributed by atoms with Gasteiger partial charge in [-0.15, -0.1) is 12.3 Å². The van der Waals surface area contributed by atoms with Crippen LogP contribution in [0.15, 0.2) is 24.3 Å². The molecule has 0 radical (unpaired) electrons. The van der Waals surface area contributed by atoms with Gasteiger partial charge in [0.25, 0.3) is 0 Å². The summed E-state index contributed by atoms with van der Waals surface area (Å²) in [6, 6.07) is 0. The van der Waals surface area contributed by atoms with Crippen molar-refractivity contribution in [3.63, 3.8) is 0 Å². The number of aliphatic hydroxyl groups is 1. The number of carboxylic acid groups (broad SMARTS) is 1. The molecular weight excluding hydrogens is 368 g/mol. The van der Waals surface area contributed by atoms with Crippen molar-refractivity contribution in [1.82, 2.24) is 0 Å². The minimum absolute atomic E-state index is 0.0117. The standard InChI is InChI=1S/C24H36O5/c1-3-5-8-11-20(25)14-15-21-19(4-2)18-24(28-16-17-29-24)22(21)12-9-6-7-10-13-23(26)27/h2,6,9,14-15,19-22,25H,3,5,7-8,10-13,16-18H2,1H3,(H,26,27)/t19-,20+,21+,22-/m0/s1. The molecule has 2 fully saturated rings. The van der Waals surface area contributed by atoms with E-state index in [2.05, 4.69) is 25.0 Å². The van der Waals surface area contributed by atoms with Gasteiger partial charge < -0.3 is 19.7 Å². The molecule has 29 heavy (non-hydrogen) atoms. The highest BCUT2D eigenvalue weighted by atomic mass is 16.7. The number of ether oxygens (including phenoxy) is 2. The molecule has 0 unspecified atom stereocenters. The zero-order valence-corrected chi connectivity index (χ0v) is 17.6. The third-order valence-electron chi connectivity index (χ3n) is 5.97. The molecule has 1 heterocycles. The predicted molar refractivity (Wildman–Crippen MR) is 113 cm³/mol. The summed E-state index contributed by atoms with van der Waals surface area (Å²) < 4.78 is 12.1. The summed E-state index contributed by atoms with van der Waals surface area (Å²) in [4.78, 5) is 10.6. The highest BCUT2D eigenvalue weighted by molar-refractivity contribution is 5.66. The molecule has 1 aliphatic heterocycles. The van der Waals surface area contributed by atoms with Crippen LogP contribution < -0.4 is 0 Å². The first-order chi connectivity index (χ1) is 14.0. The SMILES string of the molecule is C#C[C@H]1CC2(OCCO2)[C@@H](CC=CCCCC(=O)O)[C@@H]1C=C[C@H](O)CCCCC. The zero-order valence-electron chi connectivity index (χ0n) is 17.6. The van der Waals surface area contributed by atoms with E-state index < -0.39 is 17.9 Å². The quantitative estimate of drug-likeness (QED) is 0.288. The van der Waals surface area contributed by atoms with E-state index in [1.54, 1.807) is 0 Å². The molecule has 0 aromatic heterocycles. The fourth-order valence-electron chi connectivity index (χ4n) is 4.43. The van der Waals surface area contributed by atoms with Crippen molar-refractivity contribution in [3.05, 3.63) is 24.3 Å². The lowest BCUT2D eigenvalue weighted by Crippen LogP contribution is -2.36. The largest absolute Gasteiger partial charge is 0.481 e. The summed E-state index contributed by atoms with van der Waals surface area (Å²) in [5.41, 5.74) is 0. The van der Waals surface area contributed by atoms with Crippen LogP contribution in [0.2, 0.25) is 0 Å². The molecule has 4 atom stereocenters. The number of aliphatic hydroxyl groups excluding tert-OH is 1. The van der Waals surface area contributed by atoms with Gasteiger partial charge in [-0.2, -0.15) is 0 Å². The van der Waals surface area contributed by atoms with Gasteiger partial charge in [-0.3, -0.25) is 4.79 Å². The molecule has 2 rings (SSSR count). The molecule has 0 aromatic carbocycles. The van der Waals surface area contributed by atoms with E-state index in [1.807, 2.05) is 12.2 Å². The van der Waals surface area contributed by atoms with E-state index in [-0.39, 0.29) is 24.2 Å². The van der Waals surface area contributed by atoms with Crippen molar-refractivity contribution in [2.45, 2.75) is 76.6 Å². The average Bonchev–Trinajstić information content (AvgIpc) is 3.28. The molecule has 0 amide bonds. The van der Waals surface area contributed by atoms with Crippen LogP contribution in [-0.4, -0.2) is 41.3 Å². The smallest absolute Gasteiger partial charge is 0.303 e. The Morgan fingerprint density at radius 2 is 2.03 bits per heavy atom. The van der Waals surface area contributed by atoms with Gasteiger partial charge in [0.2, 0.25) is 0 Å². The van der Waals surface area contributed by atoms with E-state index >= 15 is 0 Å². The summed E-state index contributed by atoms with van der Waals surface area (Å²) in [7, 11) is 0. The van der Waals surface area contributed by atoms with Gasteiger partial charge in [-0.25, -0.2) is 0 Å². The second-order valence-electron chi connectivity index (χ2n) is 8.11. The van der Waals surface area contributed by atoms with Gasteiger partial charge in [-0.05, 0) is 31.6 Å². The summed E-state index contributed by atoms with van der Waals surface area (Å²) >= 11 is 0. The van der Waals surface area contributed by atoms with Gasteiger partial charge in [0.1, 0.15) is 0 Å².